The molecule has 1 saturated heterocycles. The van der Waals surface area contributed by atoms with Gasteiger partial charge in [-0.3, -0.25) is 0 Å². The molecule has 0 bridgehead atoms. The molecule has 0 aromatic carbocycles. The average Bonchev–Trinajstić information content (AvgIpc) is 1.44. The van der Waals surface area contributed by atoms with E-state index in [1.54, 1.807) is 5.67 Å². The zero-order valence-electron chi connectivity index (χ0n) is 9.02. The van der Waals surface area contributed by atoms with Gasteiger partial charge in [0.2, 0.25) is 0 Å². The summed E-state index contributed by atoms with van der Waals surface area (Å²) in [7, 11) is 3.16. The molecule has 5 heteroatoms. The molecule has 0 amide bonds. The Hall–Kier alpha value is 1.35. The van der Waals surface area contributed by atoms with Gasteiger partial charge in [-0.1, -0.05) is 39.3 Å². The van der Waals surface area contributed by atoms with Crippen molar-refractivity contribution in [1.82, 2.24) is 0 Å². The third kappa shape index (κ3) is 3.25. The lowest BCUT2D eigenvalue weighted by atomic mass is 11.8. The van der Waals surface area contributed by atoms with Crippen molar-refractivity contribution in [1.29, 1.82) is 0 Å². The van der Waals surface area contributed by atoms with Crippen molar-refractivity contribution >= 4 is 42.1 Å². The molecule has 0 spiro atoms. The van der Waals surface area contributed by atoms with E-state index in [9.17, 15) is 0 Å². The standard InChI is InChI=1S/C7H20S2Si3/c1-10(2)7-11(3,4)9-12(5,6)8-10/h7H2,1-6H3. The second kappa shape index (κ2) is 3.19. The van der Waals surface area contributed by atoms with E-state index in [1.165, 1.54) is 0 Å². The SMILES string of the molecule is C[Si]1(C)C[Si](C)(C)S[Si](C)(C)S1. The van der Waals surface area contributed by atoms with Crippen molar-refractivity contribution in [2.75, 3.05) is 0 Å². The molecule has 0 atom stereocenters. The van der Waals surface area contributed by atoms with E-state index in [0.29, 0.717) is 0 Å². The van der Waals surface area contributed by atoms with Crippen LogP contribution in [-0.4, -0.2) is 20.8 Å². The monoisotopic (exact) mass is 252 g/mol. The number of rotatable bonds is 0. The summed E-state index contributed by atoms with van der Waals surface area (Å²) in [5.41, 5.74) is 1.62. The second-order valence-corrected chi connectivity index (χ2v) is 35.4. The maximum Gasteiger partial charge on any atom is 0.158 e. The molecular weight excluding hydrogens is 232 g/mol. The Morgan fingerprint density at radius 2 is 1.08 bits per heavy atom. The smallest absolute Gasteiger partial charge is 0.158 e. The van der Waals surface area contributed by atoms with Crippen molar-refractivity contribution < 1.29 is 0 Å². The van der Waals surface area contributed by atoms with Crippen molar-refractivity contribution in [3.63, 3.8) is 0 Å². The van der Waals surface area contributed by atoms with Gasteiger partial charge >= 0.3 is 0 Å². The van der Waals surface area contributed by atoms with Crippen LogP contribution < -0.4 is 0 Å². The fourth-order valence-corrected chi connectivity index (χ4v) is 75.6. The molecule has 0 aliphatic carbocycles. The first-order valence-corrected chi connectivity index (χ1v) is 18.5. The van der Waals surface area contributed by atoms with Crippen molar-refractivity contribution in [3.8, 4) is 0 Å². The molecule has 0 N–H and O–H groups in total. The first kappa shape index (κ1) is 11.4. The molecular formula is C7H20S2Si3. The first-order chi connectivity index (χ1) is 5.12. The van der Waals surface area contributed by atoms with E-state index in [1.807, 2.05) is 0 Å². The van der Waals surface area contributed by atoms with E-state index in [4.69, 9.17) is 0 Å². The van der Waals surface area contributed by atoms with Gasteiger partial charge in [-0.25, -0.2) is 0 Å². The van der Waals surface area contributed by atoms with E-state index < -0.39 is 20.8 Å². The first-order valence-electron chi connectivity index (χ1n) is 4.52. The fourth-order valence-electron chi connectivity index (χ4n) is 2.45. The topological polar surface area (TPSA) is 0 Å². The Morgan fingerprint density at radius 1 is 0.750 bits per heavy atom. The van der Waals surface area contributed by atoms with E-state index in [0.717, 1.165) is 0 Å². The summed E-state index contributed by atoms with van der Waals surface area (Å²) in [6, 6.07) is 0. The molecule has 72 valence electrons. The summed E-state index contributed by atoms with van der Waals surface area (Å²) in [6.45, 7) is 15.4. The van der Waals surface area contributed by atoms with Crippen LogP contribution in [0.3, 0.4) is 0 Å². The highest BCUT2D eigenvalue weighted by Crippen LogP contribution is 2.52. The van der Waals surface area contributed by atoms with Gasteiger partial charge in [-0.2, -0.15) is 21.3 Å². The lowest BCUT2D eigenvalue weighted by molar-refractivity contribution is 1.67. The molecule has 0 unspecified atom stereocenters. The highest BCUT2D eigenvalue weighted by Gasteiger charge is 2.46. The average molecular weight is 253 g/mol. The van der Waals surface area contributed by atoms with Gasteiger partial charge in [0.15, 0.2) is 6.37 Å². The van der Waals surface area contributed by atoms with E-state index in [-0.39, 0.29) is 0 Å². The van der Waals surface area contributed by atoms with Crippen molar-refractivity contribution in [2.45, 2.75) is 44.9 Å². The molecule has 0 aromatic rings. The largest absolute Gasteiger partial charge is 0.196 e. The number of hydrogen-bond donors (Lipinski definition) is 0. The Kier molecular flexibility index (Phi) is 3.03. The highest BCUT2D eigenvalue weighted by atomic mass is 32.7. The second-order valence-electron chi connectivity index (χ2n) is 5.30. The predicted molar refractivity (Wildman–Crippen MR) is 72.4 cm³/mol. The Labute approximate surface area is 86.9 Å². The van der Waals surface area contributed by atoms with Crippen LogP contribution in [0.2, 0.25) is 44.9 Å². The van der Waals surface area contributed by atoms with Crippen LogP contribution >= 0.6 is 21.3 Å². The minimum Gasteiger partial charge on any atom is -0.196 e. The number of hydrogen-bond acceptors (Lipinski definition) is 2. The van der Waals surface area contributed by atoms with Crippen LogP contribution in [0.1, 0.15) is 0 Å². The van der Waals surface area contributed by atoms with Crippen LogP contribution in [0.4, 0.5) is 0 Å². The molecule has 1 aliphatic heterocycles. The molecule has 1 heterocycles. The zero-order valence-corrected chi connectivity index (χ0v) is 13.7. The van der Waals surface area contributed by atoms with Crippen LogP contribution in [0.5, 0.6) is 0 Å². The quantitative estimate of drug-likeness (QED) is 0.595. The molecule has 0 aromatic heterocycles. The van der Waals surface area contributed by atoms with Crippen LogP contribution in [0, 0.1) is 0 Å². The van der Waals surface area contributed by atoms with Gasteiger partial charge in [-0.15, -0.1) is 0 Å². The lowest BCUT2D eigenvalue weighted by Gasteiger charge is -2.45. The molecule has 0 nitrogen and oxygen atoms in total. The maximum atomic E-state index is 2.57. The maximum absolute atomic E-state index is 2.57. The molecule has 1 rings (SSSR count). The summed E-state index contributed by atoms with van der Waals surface area (Å²) in [5.74, 6) is 0. The van der Waals surface area contributed by atoms with Crippen LogP contribution in [-0.2, 0) is 0 Å². The molecule has 0 radical (unpaired) electrons. The summed E-state index contributed by atoms with van der Waals surface area (Å²) in [5, 5.41) is 0. The lowest BCUT2D eigenvalue weighted by Crippen LogP contribution is -2.47. The van der Waals surface area contributed by atoms with Gasteiger partial charge < -0.3 is 0 Å². The van der Waals surface area contributed by atoms with Crippen molar-refractivity contribution in [2.24, 2.45) is 0 Å². The Morgan fingerprint density at radius 3 is 1.33 bits per heavy atom. The zero-order chi connectivity index (χ0) is 9.62. The molecule has 12 heavy (non-hydrogen) atoms. The van der Waals surface area contributed by atoms with Gasteiger partial charge in [0, 0.05) is 0 Å². The fraction of sp³-hybridized carbons (Fsp3) is 1.00. The molecule has 0 saturated carbocycles. The third-order valence-corrected chi connectivity index (χ3v) is 43.0. The summed E-state index contributed by atoms with van der Waals surface area (Å²) in [6.07, 6.45) is -0.905. The normalized spacial score (nSPS) is 31.5. The van der Waals surface area contributed by atoms with Crippen LogP contribution in [0.15, 0.2) is 0 Å². The molecule has 1 aliphatic rings. The van der Waals surface area contributed by atoms with E-state index in [2.05, 4.69) is 60.6 Å². The van der Waals surface area contributed by atoms with Gasteiger partial charge in [0.25, 0.3) is 0 Å². The third-order valence-electron chi connectivity index (χ3n) is 1.90. The van der Waals surface area contributed by atoms with Crippen LogP contribution in [0.25, 0.3) is 0 Å². The Balaban J connectivity index is 2.81. The molecule has 1 fully saturated rings. The van der Waals surface area contributed by atoms with Gasteiger partial charge in [-0.05, 0) is 5.67 Å². The Bertz CT molecular complexity index is 144. The van der Waals surface area contributed by atoms with Gasteiger partial charge in [0.1, 0.15) is 14.4 Å². The van der Waals surface area contributed by atoms with Gasteiger partial charge in [0.05, 0.1) is 0 Å². The minimum atomic E-state index is -0.905. The summed E-state index contributed by atoms with van der Waals surface area (Å²) >= 11 is 0. The highest BCUT2D eigenvalue weighted by molar-refractivity contribution is 8.77. The summed E-state index contributed by atoms with van der Waals surface area (Å²) < 4.78 is 0. The summed E-state index contributed by atoms with van der Waals surface area (Å²) in [4.78, 5) is 0. The minimum absolute atomic E-state index is 0.842. The van der Waals surface area contributed by atoms with E-state index >= 15 is 0 Å². The predicted octanol–water partition coefficient (Wildman–Crippen LogP) is 4.12. The van der Waals surface area contributed by atoms with Crippen molar-refractivity contribution in [3.05, 3.63) is 0 Å².